The fourth-order valence-electron chi connectivity index (χ4n) is 5.51. The van der Waals surface area contributed by atoms with Crippen LogP contribution in [0.2, 0.25) is 0 Å². The van der Waals surface area contributed by atoms with E-state index in [9.17, 15) is 18.4 Å². The number of rotatable bonds is 4. The van der Waals surface area contributed by atoms with Gasteiger partial charge in [0.1, 0.15) is 0 Å². The molecule has 3 nitrogen and oxygen atoms in total. The van der Waals surface area contributed by atoms with Crippen molar-refractivity contribution >= 4 is 17.3 Å². The molecule has 5 rings (SSSR count). The van der Waals surface area contributed by atoms with E-state index in [1.165, 1.54) is 5.56 Å². The molecule has 1 heterocycles. The standard InChI is InChI=1S/C28H29F2NO2/c1-18(32)21-5-4-20-12-16-31(15-11-19-3-2-13-28(29,30)14-10-19)25-8-6-22-23(7-9-26(22)33)27(25)24(20)17-21/h3-6,8,17H,2,7,9-16H2,1H3. The van der Waals surface area contributed by atoms with E-state index in [2.05, 4.69) is 4.90 Å². The van der Waals surface area contributed by atoms with Crippen LogP contribution in [0, 0.1) is 0 Å². The molecule has 33 heavy (non-hydrogen) atoms. The summed E-state index contributed by atoms with van der Waals surface area (Å²) in [5.41, 5.74) is 8.08. The Morgan fingerprint density at radius 3 is 2.70 bits per heavy atom. The molecule has 0 amide bonds. The number of alkyl halides is 2. The van der Waals surface area contributed by atoms with Crippen LogP contribution in [0.3, 0.4) is 0 Å². The fourth-order valence-corrected chi connectivity index (χ4v) is 5.51. The molecule has 0 fully saturated rings. The topological polar surface area (TPSA) is 37.4 Å². The summed E-state index contributed by atoms with van der Waals surface area (Å²) in [4.78, 5) is 26.9. The first kappa shape index (κ1) is 22.0. The molecule has 2 aliphatic carbocycles. The molecule has 172 valence electrons. The minimum atomic E-state index is -2.56. The number of nitrogens with zero attached hydrogens (tertiary/aromatic N) is 1. The number of halogens is 2. The monoisotopic (exact) mass is 449 g/mol. The van der Waals surface area contributed by atoms with E-state index in [1.54, 1.807) is 6.92 Å². The molecular weight excluding hydrogens is 420 g/mol. The van der Waals surface area contributed by atoms with Crippen LogP contribution in [0.1, 0.15) is 77.3 Å². The van der Waals surface area contributed by atoms with Crippen LogP contribution in [0.4, 0.5) is 14.5 Å². The first-order valence-corrected chi connectivity index (χ1v) is 12.0. The Labute approximate surface area is 193 Å². The number of anilines is 1. The number of allylic oxidation sites excluding steroid dienone is 1. The molecule has 0 atom stereocenters. The van der Waals surface area contributed by atoms with Gasteiger partial charge in [0.25, 0.3) is 0 Å². The second-order valence-electron chi connectivity index (χ2n) is 9.58. The van der Waals surface area contributed by atoms with Crippen LogP contribution >= 0.6 is 0 Å². The van der Waals surface area contributed by atoms with E-state index in [4.69, 9.17) is 0 Å². The summed E-state index contributed by atoms with van der Waals surface area (Å²) in [7, 11) is 0. The minimum Gasteiger partial charge on any atom is -0.370 e. The molecule has 0 bridgehead atoms. The van der Waals surface area contributed by atoms with Crippen LogP contribution < -0.4 is 4.90 Å². The van der Waals surface area contributed by atoms with Gasteiger partial charge in [0.15, 0.2) is 11.6 Å². The molecule has 0 spiro atoms. The summed E-state index contributed by atoms with van der Waals surface area (Å²) >= 11 is 0. The van der Waals surface area contributed by atoms with Crippen LogP contribution in [-0.4, -0.2) is 30.6 Å². The summed E-state index contributed by atoms with van der Waals surface area (Å²) in [6, 6.07) is 9.91. The molecule has 0 saturated heterocycles. The maximum atomic E-state index is 13.8. The lowest BCUT2D eigenvalue weighted by Gasteiger charge is -2.27. The number of fused-ring (bicyclic) bond motifs is 5. The van der Waals surface area contributed by atoms with E-state index in [1.807, 2.05) is 36.4 Å². The third kappa shape index (κ3) is 4.25. The van der Waals surface area contributed by atoms with E-state index < -0.39 is 5.92 Å². The van der Waals surface area contributed by atoms with Gasteiger partial charge in [-0.05, 0) is 73.9 Å². The van der Waals surface area contributed by atoms with Gasteiger partial charge in [-0.2, -0.15) is 0 Å². The lowest BCUT2D eigenvalue weighted by Crippen LogP contribution is -2.27. The highest BCUT2D eigenvalue weighted by Gasteiger charge is 2.31. The quantitative estimate of drug-likeness (QED) is 0.391. The van der Waals surface area contributed by atoms with Gasteiger partial charge in [-0.25, -0.2) is 8.78 Å². The summed E-state index contributed by atoms with van der Waals surface area (Å²) in [6.07, 6.45) is 5.62. The maximum Gasteiger partial charge on any atom is 0.248 e. The Morgan fingerprint density at radius 2 is 1.88 bits per heavy atom. The van der Waals surface area contributed by atoms with E-state index >= 15 is 0 Å². The van der Waals surface area contributed by atoms with Gasteiger partial charge in [-0.15, -0.1) is 0 Å². The molecule has 0 aromatic heterocycles. The smallest absolute Gasteiger partial charge is 0.248 e. The van der Waals surface area contributed by atoms with Gasteiger partial charge in [-0.1, -0.05) is 23.8 Å². The molecule has 0 unspecified atom stereocenters. The number of benzene rings is 2. The fraction of sp³-hybridized carbons (Fsp3) is 0.429. The summed E-state index contributed by atoms with van der Waals surface area (Å²) < 4.78 is 27.6. The van der Waals surface area contributed by atoms with Crippen LogP contribution in [0.25, 0.3) is 11.1 Å². The number of ketones is 2. The van der Waals surface area contributed by atoms with Gasteiger partial charge >= 0.3 is 0 Å². The number of hydrogen-bond acceptors (Lipinski definition) is 3. The van der Waals surface area contributed by atoms with Gasteiger partial charge in [0.05, 0.1) is 0 Å². The van der Waals surface area contributed by atoms with Gasteiger partial charge in [-0.3, -0.25) is 9.59 Å². The van der Waals surface area contributed by atoms with Gasteiger partial charge in [0, 0.05) is 54.7 Å². The molecule has 1 aliphatic heterocycles. The summed E-state index contributed by atoms with van der Waals surface area (Å²) in [6.45, 7) is 3.15. The van der Waals surface area contributed by atoms with E-state index in [-0.39, 0.29) is 24.4 Å². The Morgan fingerprint density at radius 1 is 1.03 bits per heavy atom. The highest BCUT2D eigenvalue weighted by atomic mass is 19.3. The first-order chi connectivity index (χ1) is 15.8. The SMILES string of the molecule is CC(=O)c1ccc2c(c1)-c1c(ccc3c1CCC3=O)N(CCC1=CCCC(F)(F)CC1)CC2. The van der Waals surface area contributed by atoms with Crippen LogP contribution in [0.5, 0.6) is 0 Å². The average molecular weight is 450 g/mol. The second kappa shape index (κ2) is 8.51. The third-order valence-corrected chi connectivity index (χ3v) is 7.43. The Hall–Kier alpha value is -2.82. The number of Topliss-reactive ketones (excluding diaryl/α,β-unsaturated/α-hetero) is 2. The maximum absolute atomic E-state index is 13.8. The highest BCUT2D eigenvalue weighted by molar-refractivity contribution is 6.05. The normalized spacial score (nSPS) is 19.2. The molecule has 3 aliphatic rings. The van der Waals surface area contributed by atoms with Crippen molar-refractivity contribution in [1.29, 1.82) is 0 Å². The van der Waals surface area contributed by atoms with Crippen molar-refractivity contribution in [2.45, 2.75) is 64.2 Å². The molecule has 2 aromatic rings. The number of carbonyl (C=O) groups excluding carboxylic acids is 2. The van der Waals surface area contributed by atoms with Crippen molar-refractivity contribution in [3.8, 4) is 11.1 Å². The summed E-state index contributed by atoms with van der Waals surface area (Å²) in [5.74, 6) is -2.35. The Kier molecular flexibility index (Phi) is 5.67. The lowest BCUT2D eigenvalue weighted by molar-refractivity contribution is -0.0129. The second-order valence-corrected chi connectivity index (χ2v) is 9.58. The predicted molar refractivity (Wildman–Crippen MR) is 127 cm³/mol. The third-order valence-electron chi connectivity index (χ3n) is 7.43. The van der Waals surface area contributed by atoms with E-state index in [0.29, 0.717) is 24.8 Å². The van der Waals surface area contributed by atoms with Gasteiger partial charge < -0.3 is 4.90 Å². The molecule has 5 heteroatoms. The van der Waals surface area contributed by atoms with Crippen molar-refractivity contribution in [1.82, 2.24) is 0 Å². The van der Waals surface area contributed by atoms with Crippen molar-refractivity contribution in [2.24, 2.45) is 0 Å². The van der Waals surface area contributed by atoms with Gasteiger partial charge in [0.2, 0.25) is 5.92 Å². The van der Waals surface area contributed by atoms with Crippen LogP contribution in [0.15, 0.2) is 42.0 Å². The minimum absolute atomic E-state index is 0.0289. The Bertz CT molecular complexity index is 1160. The van der Waals surface area contributed by atoms with Crippen molar-refractivity contribution < 1.29 is 18.4 Å². The molecular formula is C28H29F2NO2. The largest absolute Gasteiger partial charge is 0.370 e. The molecule has 0 radical (unpaired) electrons. The number of hydrogen-bond donors (Lipinski definition) is 0. The lowest BCUT2D eigenvalue weighted by atomic mass is 9.90. The zero-order valence-corrected chi connectivity index (χ0v) is 19.1. The first-order valence-electron chi connectivity index (χ1n) is 12.0. The number of carbonyl (C=O) groups is 2. The summed E-state index contributed by atoms with van der Waals surface area (Å²) in [5, 5.41) is 0. The highest BCUT2D eigenvalue weighted by Crippen LogP contribution is 2.44. The van der Waals surface area contributed by atoms with Crippen molar-refractivity contribution in [3.63, 3.8) is 0 Å². The average Bonchev–Trinajstić information content (AvgIpc) is 2.97. The van der Waals surface area contributed by atoms with Crippen LogP contribution in [-0.2, 0) is 12.8 Å². The zero-order chi connectivity index (χ0) is 23.2. The van der Waals surface area contributed by atoms with E-state index in [0.717, 1.165) is 65.9 Å². The predicted octanol–water partition coefficient (Wildman–Crippen LogP) is 6.57. The zero-order valence-electron chi connectivity index (χ0n) is 19.1. The molecule has 0 N–H and O–H groups in total. The van der Waals surface area contributed by atoms with Crippen molar-refractivity contribution in [3.05, 3.63) is 64.2 Å². The van der Waals surface area contributed by atoms with Crippen molar-refractivity contribution in [2.75, 3.05) is 18.0 Å². The Balaban J connectivity index is 1.51. The molecule has 0 saturated carbocycles. The molecule has 2 aromatic carbocycles.